The molecule has 2 nitrogen and oxygen atoms in total. The smallest absolute Gasteiger partial charge is 0.318 e. The first-order valence-electron chi connectivity index (χ1n) is 7.09. The van der Waals surface area contributed by atoms with Gasteiger partial charge in [0.25, 0.3) is 0 Å². The van der Waals surface area contributed by atoms with Crippen LogP contribution < -0.4 is 0 Å². The average Bonchev–Trinajstić information content (AvgIpc) is 2.34. The number of alkyl halides is 2. The molecule has 1 unspecified atom stereocenters. The summed E-state index contributed by atoms with van der Waals surface area (Å²) in [5.74, 6) is -2.22. The SMILES string of the molecule is CCCCOC(=O)C(C)SCCCC(F)(F)CCC. The molecule has 0 rings (SSSR count). The molecule has 0 aliphatic rings. The van der Waals surface area contributed by atoms with Crippen molar-refractivity contribution in [1.29, 1.82) is 0 Å². The van der Waals surface area contributed by atoms with Gasteiger partial charge in [-0.3, -0.25) is 4.79 Å². The number of rotatable bonds is 11. The normalized spacial score (nSPS) is 13.3. The first-order valence-corrected chi connectivity index (χ1v) is 8.14. The Morgan fingerprint density at radius 1 is 1.21 bits per heavy atom. The summed E-state index contributed by atoms with van der Waals surface area (Å²) in [6, 6.07) is 0. The maximum absolute atomic E-state index is 13.2. The van der Waals surface area contributed by atoms with E-state index in [0.717, 1.165) is 12.8 Å². The van der Waals surface area contributed by atoms with Gasteiger partial charge in [-0.2, -0.15) is 0 Å². The van der Waals surface area contributed by atoms with Crippen LogP contribution in [0.3, 0.4) is 0 Å². The minimum atomic E-state index is -2.56. The lowest BCUT2D eigenvalue weighted by Gasteiger charge is -2.15. The molecule has 0 aliphatic heterocycles. The topological polar surface area (TPSA) is 26.3 Å². The van der Waals surface area contributed by atoms with E-state index in [1.165, 1.54) is 11.8 Å². The summed E-state index contributed by atoms with van der Waals surface area (Å²) in [5, 5.41) is -0.267. The molecule has 0 N–H and O–H groups in total. The van der Waals surface area contributed by atoms with Crippen LogP contribution in [-0.2, 0) is 9.53 Å². The maximum Gasteiger partial charge on any atom is 0.318 e. The second-order valence-electron chi connectivity index (χ2n) is 4.74. The molecule has 0 aromatic heterocycles. The van der Waals surface area contributed by atoms with Crippen LogP contribution in [0.25, 0.3) is 0 Å². The molecule has 0 radical (unpaired) electrons. The van der Waals surface area contributed by atoms with Crippen LogP contribution in [0, 0.1) is 0 Å². The van der Waals surface area contributed by atoms with Gasteiger partial charge in [0.2, 0.25) is 5.92 Å². The highest BCUT2D eigenvalue weighted by Crippen LogP contribution is 2.27. The van der Waals surface area contributed by atoms with Crippen LogP contribution in [0.4, 0.5) is 8.78 Å². The van der Waals surface area contributed by atoms with Gasteiger partial charge in [-0.05, 0) is 25.5 Å². The number of hydrogen-bond donors (Lipinski definition) is 0. The van der Waals surface area contributed by atoms with E-state index in [9.17, 15) is 13.6 Å². The van der Waals surface area contributed by atoms with E-state index < -0.39 is 5.92 Å². The van der Waals surface area contributed by atoms with Crippen molar-refractivity contribution in [2.45, 2.75) is 70.5 Å². The Kier molecular flexibility index (Phi) is 10.3. The standard InChI is InChI=1S/C14H26F2O2S/c1-4-6-10-18-13(17)12(3)19-11-7-9-14(15,16)8-5-2/h12H,4-11H2,1-3H3. The summed E-state index contributed by atoms with van der Waals surface area (Å²) in [5.41, 5.74) is 0. The zero-order valence-corrected chi connectivity index (χ0v) is 13.0. The Bertz CT molecular complexity index is 248. The minimum Gasteiger partial charge on any atom is -0.465 e. The molecule has 5 heteroatoms. The highest BCUT2D eigenvalue weighted by atomic mass is 32.2. The molecule has 0 fully saturated rings. The second-order valence-corrected chi connectivity index (χ2v) is 6.19. The molecule has 114 valence electrons. The van der Waals surface area contributed by atoms with Crippen molar-refractivity contribution in [3.63, 3.8) is 0 Å². The Morgan fingerprint density at radius 3 is 2.47 bits per heavy atom. The van der Waals surface area contributed by atoms with Crippen molar-refractivity contribution in [3.8, 4) is 0 Å². The summed E-state index contributed by atoms with van der Waals surface area (Å²) in [4.78, 5) is 11.5. The Balaban J connectivity index is 3.67. The quantitative estimate of drug-likeness (QED) is 0.409. The minimum absolute atomic E-state index is 0.0493. The monoisotopic (exact) mass is 296 g/mol. The van der Waals surface area contributed by atoms with Gasteiger partial charge >= 0.3 is 5.97 Å². The molecule has 0 aromatic rings. The predicted octanol–water partition coefficient (Wildman–Crippen LogP) is 4.67. The third-order valence-corrected chi connectivity index (χ3v) is 3.96. The summed E-state index contributed by atoms with van der Waals surface area (Å²) in [6.45, 7) is 6.01. The number of carbonyl (C=O) groups excluding carboxylic acids is 1. The predicted molar refractivity (Wildman–Crippen MR) is 76.9 cm³/mol. The van der Waals surface area contributed by atoms with Crippen molar-refractivity contribution >= 4 is 17.7 Å². The fourth-order valence-corrected chi connectivity index (χ4v) is 2.45. The molecule has 0 saturated heterocycles. The van der Waals surface area contributed by atoms with E-state index in [1.54, 1.807) is 13.8 Å². The van der Waals surface area contributed by atoms with Gasteiger partial charge in [0, 0.05) is 12.8 Å². The molecule has 0 aromatic carbocycles. The number of hydrogen-bond acceptors (Lipinski definition) is 3. The summed E-state index contributed by atoms with van der Waals surface area (Å²) < 4.78 is 31.5. The molecule has 0 heterocycles. The zero-order chi connectivity index (χ0) is 14.7. The zero-order valence-electron chi connectivity index (χ0n) is 12.2. The van der Waals surface area contributed by atoms with Crippen LogP contribution in [0.5, 0.6) is 0 Å². The number of thioether (sulfide) groups is 1. The average molecular weight is 296 g/mol. The van der Waals surface area contributed by atoms with E-state index in [1.807, 2.05) is 6.92 Å². The van der Waals surface area contributed by atoms with Crippen LogP contribution in [0.15, 0.2) is 0 Å². The van der Waals surface area contributed by atoms with E-state index in [-0.39, 0.29) is 24.1 Å². The molecule has 0 aliphatic carbocycles. The third-order valence-electron chi connectivity index (χ3n) is 2.74. The van der Waals surface area contributed by atoms with Crippen LogP contribution in [-0.4, -0.2) is 29.5 Å². The number of esters is 1. The van der Waals surface area contributed by atoms with E-state index >= 15 is 0 Å². The molecule has 0 spiro atoms. The molecular formula is C14H26F2O2S. The number of ether oxygens (including phenoxy) is 1. The van der Waals surface area contributed by atoms with Gasteiger partial charge in [0.15, 0.2) is 0 Å². The van der Waals surface area contributed by atoms with Crippen LogP contribution >= 0.6 is 11.8 Å². The van der Waals surface area contributed by atoms with Crippen molar-refractivity contribution in [1.82, 2.24) is 0 Å². The Labute approximate surface area is 119 Å². The molecular weight excluding hydrogens is 270 g/mol. The summed E-state index contributed by atoms with van der Waals surface area (Å²) >= 11 is 1.39. The molecule has 19 heavy (non-hydrogen) atoms. The fraction of sp³-hybridized carbons (Fsp3) is 0.929. The van der Waals surface area contributed by atoms with E-state index in [0.29, 0.717) is 25.2 Å². The third kappa shape index (κ3) is 10.2. The number of carbonyl (C=O) groups is 1. The Hall–Kier alpha value is -0.320. The van der Waals surface area contributed by atoms with Crippen molar-refractivity contribution in [2.75, 3.05) is 12.4 Å². The van der Waals surface area contributed by atoms with Gasteiger partial charge in [-0.25, -0.2) is 8.78 Å². The largest absolute Gasteiger partial charge is 0.465 e. The van der Waals surface area contributed by atoms with Crippen LogP contribution in [0.1, 0.15) is 59.3 Å². The molecule has 0 saturated carbocycles. The van der Waals surface area contributed by atoms with Crippen molar-refractivity contribution < 1.29 is 18.3 Å². The fourth-order valence-electron chi connectivity index (χ4n) is 1.58. The lowest BCUT2D eigenvalue weighted by Crippen LogP contribution is -2.19. The molecule has 1 atom stereocenters. The number of halogens is 2. The first-order chi connectivity index (χ1) is 8.93. The van der Waals surface area contributed by atoms with Gasteiger partial charge in [-0.1, -0.05) is 26.7 Å². The Morgan fingerprint density at radius 2 is 1.89 bits per heavy atom. The highest BCUT2D eigenvalue weighted by molar-refractivity contribution is 8.00. The highest BCUT2D eigenvalue weighted by Gasteiger charge is 2.26. The lowest BCUT2D eigenvalue weighted by atomic mass is 10.1. The molecule has 0 amide bonds. The van der Waals surface area contributed by atoms with Gasteiger partial charge in [-0.15, -0.1) is 11.8 Å². The summed E-state index contributed by atoms with van der Waals surface area (Å²) in [6.07, 6.45) is 2.65. The van der Waals surface area contributed by atoms with E-state index in [4.69, 9.17) is 4.74 Å². The van der Waals surface area contributed by atoms with Gasteiger partial charge < -0.3 is 4.74 Å². The van der Waals surface area contributed by atoms with Crippen molar-refractivity contribution in [3.05, 3.63) is 0 Å². The maximum atomic E-state index is 13.2. The summed E-state index contributed by atoms with van der Waals surface area (Å²) in [7, 11) is 0. The molecule has 0 bridgehead atoms. The lowest BCUT2D eigenvalue weighted by molar-refractivity contribution is -0.142. The van der Waals surface area contributed by atoms with Crippen LogP contribution in [0.2, 0.25) is 0 Å². The second kappa shape index (κ2) is 10.5. The number of unbranched alkanes of at least 4 members (excludes halogenated alkanes) is 1. The van der Waals surface area contributed by atoms with Gasteiger partial charge in [0.1, 0.15) is 0 Å². The van der Waals surface area contributed by atoms with E-state index in [2.05, 4.69) is 0 Å². The van der Waals surface area contributed by atoms with Gasteiger partial charge in [0.05, 0.1) is 11.9 Å². The van der Waals surface area contributed by atoms with Crippen molar-refractivity contribution in [2.24, 2.45) is 0 Å². The first kappa shape index (κ1) is 18.7.